The maximum atomic E-state index is 12.7. The Morgan fingerprint density at radius 1 is 1.14 bits per heavy atom. The first-order chi connectivity index (χ1) is 12.7. The second-order valence-corrected chi connectivity index (χ2v) is 9.80. The summed E-state index contributed by atoms with van der Waals surface area (Å²) in [6.45, 7) is -0.418. The van der Waals surface area contributed by atoms with E-state index in [4.69, 9.17) is 12.2 Å². The van der Waals surface area contributed by atoms with Gasteiger partial charge in [0.1, 0.15) is 14.3 Å². The van der Waals surface area contributed by atoms with Gasteiger partial charge in [-0.2, -0.15) is 0 Å². The van der Waals surface area contributed by atoms with Crippen molar-refractivity contribution in [1.82, 2.24) is 4.90 Å². The van der Waals surface area contributed by atoms with Crippen molar-refractivity contribution >= 4 is 67.7 Å². The van der Waals surface area contributed by atoms with E-state index in [1.807, 2.05) is 18.2 Å². The van der Waals surface area contributed by atoms with Crippen LogP contribution in [0.3, 0.4) is 0 Å². The number of rotatable bonds is 6. The number of para-hydroxylation sites is 1. The predicted octanol–water partition coefficient (Wildman–Crippen LogP) is -5.68. The third-order valence-corrected chi connectivity index (χ3v) is 7.25. The van der Waals surface area contributed by atoms with Gasteiger partial charge in [0, 0.05) is 17.2 Å². The number of amides is 1. The van der Waals surface area contributed by atoms with Gasteiger partial charge in [-0.05, 0) is 18.6 Å². The molecule has 1 fully saturated rings. The number of anilines is 1. The van der Waals surface area contributed by atoms with Crippen LogP contribution in [0.4, 0.5) is 5.69 Å². The summed E-state index contributed by atoms with van der Waals surface area (Å²) in [4.78, 5) is 27.4. The van der Waals surface area contributed by atoms with E-state index in [0.29, 0.717) is 5.03 Å². The van der Waals surface area contributed by atoms with Gasteiger partial charge in [0.2, 0.25) is 0 Å². The minimum atomic E-state index is -4.34. The van der Waals surface area contributed by atoms with Gasteiger partial charge in [0.25, 0.3) is 5.91 Å². The van der Waals surface area contributed by atoms with Gasteiger partial charge in [-0.3, -0.25) is 9.69 Å². The number of fused-ring (bicyclic) bond motifs is 1. The van der Waals surface area contributed by atoms with Crippen LogP contribution >= 0.6 is 35.7 Å². The summed E-state index contributed by atoms with van der Waals surface area (Å²) >= 11 is 7.41. The first-order valence-electron chi connectivity index (χ1n) is 7.63. The molecule has 0 unspecified atom stereocenters. The molecule has 0 N–H and O–H groups in total. The molecule has 0 saturated carbocycles. The predicted molar refractivity (Wildman–Crippen MR) is 103 cm³/mol. The minimum absolute atomic E-state index is 0. The van der Waals surface area contributed by atoms with Gasteiger partial charge in [-0.15, -0.1) is 0 Å². The van der Waals surface area contributed by atoms with E-state index >= 15 is 0 Å². The van der Waals surface area contributed by atoms with E-state index in [2.05, 4.69) is 0 Å². The van der Waals surface area contributed by atoms with Gasteiger partial charge >= 0.3 is 59.1 Å². The van der Waals surface area contributed by atoms with Crippen LogP contribution in [-0.2, 0) is 19.7 Å². The Balaban J connectivity index is 0.00000210. The minimum Gasteiger partial charge on any atom is -0.748 e. The number of carboxylic acids is 1. The van der Waals surface area contributed by atoms with Crippen LogP contribution in [-0.4, -0.2) is 52.9 Å². The molecule has 0 aromatic heterocycles. The zero-order valence-electron chi connectivity index (χ0n) is 15.6. The third kappa shape index (κ3) is 6.69. The van der Waals surface area contributed by atoms with Crippen LogP contribution in [0.15, 0.2) is 39.1 Å². The van der Waals surface area contributed by atoms with Gasteiger partial charge < -0.3 is 19.4 Å². The summed E-state index contributed by atoms with van der Waals surface area (Å²) in [6.07, 6.45) is 0.0869. The quantitative estimate of drug-likeness (QED) is 0.165. The fourth-order valence-corrected chi connectivity index (χ4v) is 5.69. The van der Waals surface area contributed by atoms with E-state index in [0.717, 1.165) is 27.2 Å². The largest absolute Gasteiger partial charge is 1.00 e. The first kappa shape index (κ1) is 27.4. The molecule has 8 nitrogen and oxygen atoms in total. The normalized spacial score (nSPS) is 18.4. The smallest absolute Gasteiger partial charge is 0.748 e. The van der Waals surface area contributed by atoms with Crippen molar-refractivity contribution in [1.29, 1.82) is 0 Å². The maximum Gasteiger partial charge on any atom is 1.00 e. The molecule has 3 rings (SSSR count). The molecule has 0 atom stereocenters. The molecule has 0 radical (unpaired) electrons. The molecule has 1 aromatic carbocycles. The van der Waals surface area contributed by atoms with Gasteiger partial charge in [-0.1, -0.05) is 47.9 Å². The number of carbonyl (C=O) groups excluding carboxylic acids is 2. The zero-order valence-corrected chi connectivity index (χ0v) is 22.9. The number of thioether (sulfide) groups is 2. The van der Waals surface area contributed by atoms with E-state index in [1.54, 1.807) is 11.0 Å². The zero-order chi connectivity index (χ0) is 19.8. The van der Waals surface area contributed by atoms with E-state index < -0.39 is 34.3 Å². The third-order valence-electron chi connectivity index (χ3n) is 3.71. The van der Waals surface area contributed by atoms with Gasteiger partial charge in [-0.25, -0.2) is 8.42 Å². The molecular weight excluding hydrogens is 478 g/mol. The average Bonchev–Trinajstić information content (AvgIpc) is 3.06. The van der Waals surface area contributed by atoms with Crippen LogP contribution in [0.5, 0.6) is 0 Å². The number of benzene rings is 1. The fraction of sp³-hybridized carbons (Fsp3) is 0.267. The Morgan fingerprint density at radius 2 is 1.79 bits per heavy atom. The fourth-order valence-electron chi connectivity index (χ4n) is 2.62. The Labute approximate surface area is 226 Å². The van der Waals surface area contributed by atoms with E-state index in [1.165, 1.54) is 11.8 Å². The van der Waals surface area contributed by atoms with Crippen LogP contribution in [0.25, 0.3) is 0 Å². The Morgan fingerprint density at radius 3 is 2.41 bits per heavy atom. The Kier molecular flexibility index (Phi) is 10.7. The molecule has 1 aromatic rings. The summed E-state index contributed by atoms with van der Waals surface area (Å²) in [5, 5.41) is 11.4. The molecule has 2 heterocycles. The average molecular weight is 491 g/mol. The Bertz CT molecular complexity index is 969. The molecule has 0 bridgehead atoms. The molecule has 2 aliphatic rings. The van der Waals surface area contributed by atoms with Crippen molar-refractivity contribution in [2.24, 2.45) is 0 Å². The summed E-state index contributed by atoms with van der Waals surface area (Å²) in [5.41, 5.74) is 0.783. The first-order valence-corrected chi connectivity index (χ1v) is 11.2. The van der Waals surface area contributed by atoms with Crippen molar-refractivity contribution in [3.63, 3.8) is 0 Å². The molecule has 1 amide bonds. The SMILES string of the molecule is O=C([O-])CN1C(=O)/C(=C2\Sc3ccccc3N2CCCS(=O)(=O)[O-])SC1=S.[Na+].[Na+]. The van der Waals surface area contributed by atoms with Crippen molar-refractivity contribution < 1.29 is 86.8 Å². The van der Waals surface area contributed by atoms with Gasteiger partial charge in [0.05, 0.1) is 28.3 Å². The van der Waals surface area contributed by atoms with Crippen molar-refractivity contribution in [3.8, 4) is 0 Å². The van der Waals surface area contributed by atoms with Crippen LogP contribution in [0, 0.1) is 0 Å². The summed E-state index contributed by atoms with van der Waals surface area (Å²) < 4.78 is 32.8. The molecule has 14 heteroatoms. The number of hydrogen-bond donors (Lipinski definition) is 0. The van der Waals surface area contributed by atoms with Gasteiger partial charge in [0.15, 0.2) is 0 Å². The number of nitrogens with zero attached hydrogens (tertiary/aromatic N) is 2. The van der Waals surface area contributed by atoms with E-state index in [9.17, 15) is 27.7 Å². The van der Waals surface area contributed by atoms with Crippen LogP contribution in [0.2, 0.25) is 0 Å². The van der Waals surface area contributed by atoms with Crippen LogP contribution in [0.1, 0.15) is 6.42 Å². The monoisotopic (exact) mass is 490 g/mol. The standard InChI is InChI=1S/C15H14N2O6S4.2Na/c18-11(19)8-17-13(20)12(26-15(17)24)14-16(6-3-7-27(21,22)23)9-4-1-2-5-10(9)25-14;;/h1-2,4-5H,3,6-8H2,(H,18,19)(H,21,22,23);;/q;2*+1/p-2/b14-12+;;. The molecule has 2 aliphatic heterocycles. The second-order valence-electron chi connectivity index (χ2n) is 5.60. The molecule has 1 saturated heterocycles. The topological polar surface area (TPSA) is 121 Å². The van der Waals surface area contributed by atoms with Crippen LogP contribution < -0.4 is 69.1 Å². The second kappa shape index (κ2) is 11.3. The number of aliphatic carboxylic acids is 1. The van der Waals surface area contributed by atoms with Crippen molar-refractivity contribution in [2.75, 3.05) is 23.7 Å². The number of carbonyl (C=O) groups is 2. The van der Waals surface area contributed by atoms with Crippen molar-refractivity contribution in [3.05, 3.63) is 34.2 Å². The molecule has 29 heavy (non-hydrogen) atoms. The van der Waals surface area contributed by atoms with E-state index in [-0.39, 0.29) is 81.3 Å². The molecular formula is C15H12N2Na2O6S4. The molecule has 0 spiro atoms. The molecule has 144 valence electrons. The molecule has 0 aliphatic carbocycles. The number of hydrogen-bond acceptors (Lipinski definition) is 10. The summed E-state index contributed by atoms with van der Waals surface area (Å²) in [6, 6.07) is 7.31. The van der Waals surface area contributed by atoms with Crippen molar-refractivity contribution in [2.45, 2.75) is 11.3 Å². The summed E-state index contributed by atoms with van der Waals surface area (Å²) in [5.74, 6) is -2.47. The number of carboxylic acid groups (broad SMARTS) is 1. The Hall–Kier alpha value is 0.400. The number of thiocarbonyl (C=S) groups is 1. The summed E-state index contributed by atoms with van der Waals surface area (Å²) in [7, 11) is -4.34. The maximum absolute atomic E-state index is 12.7.